The summed E-state index contributed by atoms with van der Waals surface area (Å²) in [6.07, 6.45) is 1.40. The second-order valence-corrected chi connectivity index (χ2v) is 1.71. The van der Waals surface area contributed by atoms with E-state index >= 15 is 0 Å². The normalized spacial score (nSPS) is 21.6. The second kappa shape index (κ2) is 2.13. The minimum atomic E-state index is -0.0312. The van der Waals surface area contributed by atoms with Gasteiger partial charge in [-0.1, -0.05) is 0 Å². The van der Waals surface area contributed by atoms with E-state index in [1.165, 1.54) is 0 Å². The first kappa shape index (κ1) is 5.56. The predicted molar refractivity (Wildman–Crippen MR) is 27.4 cm³/mol. The zero-order chi connectivity index (χ0) is 5.98. The Morgan fingerprint density at radius 3 is 2.88 bits per heavy atom. The highest BCUT2D eigenvalue weighted by molar-refractivity contribution is 5.75. The number of hydrogen-bond acceptors (Lipinski definition) is 2. The molecule has 0 aromatic carbocycles. The first-order valence-corrected chi connectivity index (χ1v) is 2.57. The SMILES string of the molecule is [CH2-]N1OCCCC1=O. The number of nitrogens with zero attached hydrogens (tertiary/aromatic N) is 1. The summed E-state index contributed by atoms with van der Waals surface area (Å²) in [5.74, 6) is -0.0312. The fourth-order valence-electron chi connectivity index (χ4n) is 0.595. The van der Waals surface area contributed by atoms with Crippen molar-refractivity contribution in [3.8, 4) is 0 Å². The number of carbonyl (C=O) groups excluding carboxylic acids is 1. The van der Waals surface area contributed by atoms with E-state index in [1.807, 2.05) is 0 Å². The summed E-state index contributed by atoms with van der Waals surface area (Å²) in [6, 6.07) is 0. The molecule has 1 amide bonds. The molecule has 1 rings (SSSR count). The molecule has 1 heterocycles. The zero-order valence-electron chi connectivity index (χ0n) is 4.59. The molecule has 0 saturated carbocycles. The van der Waals surface area contributed by atoms with Crippen LogP contribution in [0.2, 0.25) is 0 Å². The molecule has 1 saturated heterocycles. The van der Waals surface area contributed by atoms with Gasteiger partial charge in [0.25, 0.3) is 0 Å². The van der Waals surface area contributed by atoms with Crippen molar-refractivity contribution in [3.63, 3.8) is 0 Å². The average molecular weight is 114 g/mol. The lowest BCUT2D eigenvalue weighted by atomic mass is 10.3. The van der Waals surface area contributed by atoms with E-state index in [4.69, 9.17) is 4.84 Å². The van der Waals surface area contributed by atoms with Crippen molar-refractivity contribution in [3.05, 3.63) is 7.05 Å². The highest BCUT2D eigenvalue weighted by atomic mass is 16.7. The summed E-state index contributed by atoms with van der Waals surface area (Å²) in [4.78, 5) is 15.3. The fourth-order valence-corrected chi connectivity index (χ4v) is 0.595. The minimum absolute atomic E-state index is 0.0312. The number of hydroxylamine groups is 2. The maximum atomic E-state index is 10.5. The van der Waals surface area contributed by atoms with E-state index in [9.17, 15) is 4.79 Å². The van der Waals surface area contributed by atoms with Crippen LogP contribution in [0.3, 0.4) is 0 Å². The maximum Gasteiger partial charge on any atom is 0.216 e. The molecule has 1 aliphatic heterocycles. The van der Waals surface area contributed by atoms with Gasteiger partial charge in [-0.25, -0.2) is 7.05 Å². The molecule has 0 aromatic heterocycles. The van der Waals surface area contributed by atoms with Gasteiger partial charge >= 0.3 is 0 Å². The Hall–Kier alpha value is -0.570. The lowest BCUT2D eigenvalue weighted by Crippen LogP contribution is -2.29. The van der Waals surface area contributed by atoms with Gasteiger partial charge in [0.05, 0.1) is 6.61 Å². The Bertz CT molecular complexity index is 103. The Morgan fingerprint density at radius 1 is 1.75 bits per heavy atom. The smallest absolute Gasteiger partial charge is 0.216 e. The summed E-state index contributed by atoms with van der Waals surface area (Å²) in [6.45, 7) is 0.620. The number of hydrogen-bond donors (Lipinski definition) is 0. The van der Waals surface area contributed by atoms with Crippen molar-refractivity contribution in [1.29, 1.82) is 0 Å². The van der Waals surface area contributed by atoms with Crippen molar-refractivity contribution >= 4 is 5.91 Å². The third-order valence-electron chi connectivity index (χ3n) is 1.06. The van der Waals surface area contributed by atoms with Gasteiger partial charge < -0.3 is 9.90 Å². The van der Waals surface area contributed by atoms with Gasteiger partial charge in [0.2, 0.25) is 5.91 Å². The molecular weight excluding hydrogens is 106 g/mol. The topological polar surface area (TPSA) is 29.5 Å². The van der Waals surface area contributed by atoms with Crippen LogP contribution in [0, 0.1) is 7.05 Å². The number of rotatable bonds is 0. The van der Waals surface area contributed by atoms with Gasteiger partial charge in [-0.15, -0.1) is 0 Å². The van der Waals surface area contributed by atoms with Crippen LogP contribution in [-0.4, -0.2) is 17.6 Å². The molecule has 0 spiro atoms. The highest BCUT2D eigenvalue weighted by Crippen LogP contribution is 2.04. The molecular formula is C5H8NO2-. The molecule has 8 heavy (non-hydrogen) atoms. The van der Waals surface area contributed by atoms with Crippen LogP contribution in [-0.2, 0) is 9.63 Å². The van der Waals surface area contributed by atoms with Crippen LogP contribution >= 0.6 is 0 Å². The molecule has 0 atom stereocenters. The molecule has 0 radical (unpaired) electrons. The molecule has 1 fully saturated rings. The van der Waals surface area contributed by atoms with Gasteiger partial charge in [-0.2, -0.15) is 0 Å². The zero-order valence-corrected chi connectivity index (χ0v) is 4.59. The van der Waals surface area contributed by atoms with Gasteiger partial charge in [0, 0.05) is 6.42 Å². The van der Waals surface area contributed by atoms with Crippen molar-refractivity contribution < 1.29 is 9.63 Å². The van der Waals surface area contributed by atoms with Crippen molar-refractivity contribution in [1.82, 2.24) is 5.06 Å². The monoisotopic (exact) mass is 114 g/mol. The van der Waals surface area contributed by atoms with Gasteiger partial charge in [-0.05, 0) is 6.42 Å². The van der Waals surface area contributed by atoms with Crippen LogP contribution in [0.1, 0.15) is 12.8 Å². The maximum absolute atomic E-state index is 10.5. The fraction of sp³-hybridized carbons (Fsp3) is 0.600. The summed E-state index contributed by atoms with van der Waals surface area (Å²) in [5, 5.41) is 1.05. The van der Waals surface area contributed by atoms with E-state index in [2.05, 4.69) is 7.05 Å². The van der Waals surface area contributed by atoms with Gasteiger partial charge in [0.1, 0.15) is 0 Å². The Balaban J connectivity index is 2.39. The standard InChI is InChI=1S/C5H8NO2/c1-6-5(7)3-2-4-8-6/h1-4H2/q-1. The van der Waals surface area contributed by atoms with Crippen LogP contribution in [0.5, 0.6) is 0 Å². The van der Waals surface area contributed by atoms with E-state index in [1.54, 1.807) is 0 Å². The third kappa shape index (κ3) is 0.980. The Kier molecular flexibility index (Phi) is 1.48. The first-order chi connectivity index (χ1) is 3.80. The van der Waals surface area contributed by atoms with Gasteiger partial charge in [-0.3, -0.25) is 4.79 Å². The molecule has 3 nitrogen and oxygen atoms in total. The summed E-state index contributed by atoms with van der Waals surface area (Å²) in [5.41, 5.74) is 0. The van der Waals surface area contributed by atoms with E-state index in [-0.39, 0.29) is 5.91 Å². The van der Waals surface area contributed by atoms with Crippen LogP contribution < -0.4 is 0 Å². The summed E-state index contributed by atoms with van der Waals surface area (Å²) >= 11 is 0. The van der Waals surface area contributed by atoms with Crippen LogP contribution in [0.4, 0.5) is 0 Å². The summed E-state index contributed by atoms with van der Waals surface area (Å²) < 4.78 is 0. The molecule has 0 unspecified atom stereocenters. The lowest BCUT2D eigenvalue weighted by molar-refractivity contribution is -0.182. The van der Waals surface area contributed by atoms with Crippen LogP contribution in [0.25, 0.3) is 0 Å². The number of carbonyl (C=O) groups is 1. The van der Waals surface area contributed by atoms with Crippen molar-refractivity contribution in [2.45, 2.75) is 12.8 Å². The minimum Gasteiger partial charge on any atom is -0.376 e. The third-order valence-corrected chi connectivity index (χ3v) is 1.06. The summed E-state index contributed by atoms with van der Waals surface area (Å²) in [7, 11) is 3.34. The highest BCUT2D eigenvalue weighted by Gasteiger charge is 2.08. The van der Waals surface area contributed by atoms with Crippen LogP contribution in [0.15, 0.2) is 0 Å². The van der Waals surface area contributed by atoms with Crippen molar-refractivity contribution in [2.24, 2.45) is 0 Å². The molecule has 0 N–H and O–H groups in total. The number of amides is 1. The molecule has 3 heteroatoms. The average Bonchev–Trinajstić information content (AvgIpc) is 1.77. The molecule has 46 valence electrons. The largest absolute Gasteiger partial charge is 0.376 e. The Labute approximate surface area is 48.2 Å². The molecule has 1 aliphatic rings. The van der Waals surface area contributed by atoms with Gasteiger partial charge in [0.15, 0.2) is 0 Å². The van der Waals surface area contributed by atoms with E-state index < -0.39 is 0 Å². The quantitative estimate of drug-likeness (QED) is 0.425. The molecule has 0 aliphatic carbocycles. The molecule has 0 aromatic rings. The van der Waals surface area contributed by atoms with E-state index in [0.717, 1.165) is 11.5 Å². The van der Waals surface area contributed by atoms with Crippen molar-refractivity contribution in [2.75, 3.05) is 6.61 Å². The predicted octanol–water partition coefficient (Wildman–Crippen LogP) is 0.332. The van der Waals surface area contributed by atoms with E-state index in [0.29, 0.717) is 13.0 Å². The second-order valence-electron chi connectivity index (χ2n) is 1.71. The lowest BCUT2D eigenvalue weighted by Gasteiger charge is -2.28. The Morgan fingerprint density at radius 2 is 2.50 bits per heavy atom. The first-order valence-electron chi connectivity index (χ1n) is 2.57. The molecule has 0 bridgehead atoms.